The van der Waals surface area contributed by atoms with E-state index in [1.54, 1.807) is 19.9 Å². The van der Waals surface area contributed by atoms with Gasteiger partial charge in [0.05, 0.1) is 19.8 Å². The Labute approximate surface area is 131 Å². The van der Waals surface area contributed by atoms with Gasteiger partial charge in [-0.05, 0) is 19.9 Å². The number of ether oxygens (including phenoxy) is 3. The van der Waals surface area contributed by atoms with Crippen molar-refractivity contribution in [1.29, 1.82) is 0 Å². The van der Waals surface area contributed by atoms with Crippen LogP contribution in [-0.2, 0) is 25.6 Å². The van der Waals surface area contributed by atoms with Crippen molar-refractivity contribution in [3.05, 3.63) is 23.8 Å². The Hall–Kier alpha value is -2.02. The minimum absolute atomic E-state index is 0.124. The minimum Gasteiger partial charge on any atom is -0.482 e. The zero-order valence-electron chi connectivity index (χ0n) is 13.3. The molecule has 0 aliphatic carbocycles. The molecule has 1 aromatic rings. The molecule has 120 valence electrons. The summed E-state index contributed by atoms with van der Waals surface area (Å²) in [5, 5.41) is 3.00. The molecule has 1 aromatic carbocycles. The predicted molar refractivity (Wildman–Crippen MR) is 85.1 cm³/mol. The van der Waals surface area contributed by atoms with Crippen LogP contribution in [0.5, 0.6) is 5.75 Å². The molecule has 1 rings (SSSR count). The van der Waals surface area contributed by atoms with E-state index in [1.165, 1.54) is 0 Å². The lowest BCUT2D eigenvalue weighted by Crippen LogP contribution is -2.25. The maximum atomic E-state index is 11.3. The number of nitrogens with one attached hydrogen (secondary N) is 1. The van der Waals surface area contributed by atoms with Gasteiger partial charge in [-0.2, -0.15) is 0 Å². The Morgan fingerprint density at radius 2 is 1.82 bits per heavy atom. The van der Waals surface area contributed by atoms with E-state index in [0.29, 0.717) is 25.5 Å². The molecular formula is C15H22BNO5. The van der Waals surface area contributed by atoms with Gasteiger partial charge in [0.25, 0.3) is 0 Å². The van der Waals surface area contributed by atoms with Gasteiger partial charge in [0, 0.05) is 12.1 Å². The van der Waals surface area contributed by atoms with Crippen LogP contribution in [0.3, 0.4) is 0 Å². The highest BCUT2D eigenvalue weighted by molar-refractivity contribution is 6.32. The van der Waals surface area contributed by atoms with E-state index in [1.807, 2.05) is 20.0 Å². The molecule has 0 spiro atoms. The van der Waals surface area contributed by atoms with E-state index >= 15 is 0 Å². The topological polar surface area (TPSA) is 73.9 Å². The van der Waals surface area contributed by atoms with Crippen LogP contribution >= 0.6 is 0 Å². The smallest absolute Gasteiger partial charge is 0.344 e. The summed E-state index contributed by atoms with van der Waals surface area (Å²) in [6, 6.07) is 5.64. The zero-order chi connectivity index (χ0) is 16.4. The van der Waals surface area contributed by atoms with Crippen molar-refractivity contribution in [2.45, 2.75) is 20.4 Å². The van der Waals surface area contributed by atoms with Crippen LogP contribution in [0.1, 0.15) is 19.4 Å². The van der Waals surface area contributed by atoms with E-state index in [4.69, 9.17) is 14.2 Å². The summed E-state index contributed by atoms with van der Waals surface area (Å²) < 4.78 is 15.2. The third-order valence-corrected chi connectivity index (χ3v) is 2.76. The van der Waals surface area contributed by atoms with Crippen LogP contribution in [0.2, 0.25) is 0 Å². The third kappa shape index (κ3) is 6.63. The molecule has 0 fully saturated rings. The first-order valence-electron chi connectivity index (χ1n) is 7.31. The number of esters is 2. The maximum Gasteiger partial charge on any atom is 0.344 e. The lowest BCUT2D eigenvalue weighted by Gasteiger charge is -2.12. The summed E-state index contributed by atoms with van der Waals surface area (Å²) in [5.41, 5.74) is 1.94. The van der Waals surface area contributed by atoms with Gasteiger partial charge in [0.1, 0.15) is 13.6 Å². The number of carbonyl (C=O) groups excluding carboxylic acids is 2. The van der Waals surface area contributed by atoms with Crippen molar-refractivity contribution in [3.63, 3.8) is 0 Å². The highest BCUT2D eigenvalue weighted by Gasteiger charge is 2.09. The van der Waals surface area contributed by atoms with Gasteiger partial charge < -0.3 is 19.5 Å². The average molecular weight is 307 g/mol. The fourth-order valence-electron chi connectivity index (χ4n) is 1.84. The van der Waals surface area contributed by atoms with Crippen molar-refractivity contribution in [2.24, 2.45) is 0 Å². The second-order valence-electron chi connectivity index (χ2n) is 4.61. The maximum absolute atomic E-state index is 11.3. The van der Waals surface area contributed by atoms with Gasteiger partial charge >= 0.3 is 11.9 Å². The molecule has 0 bridgehead atoms. The summed E-state index contributed by atoms with van der Waals surface area (Å²) in [7, 11) is 1.96. The fourth-order valence-corrected chi connectivity index (χ4v) is 1.84. The number of hydrogen-bond donors (Lipinski definition) is 1. The molecular weight excluding hydrogens is 285 g/mol. The van der Waals surface area contributed by atoms with Crippen LogP contribution in [0.15, 0.2) is 18.2 Å². The van der Waals surface area contributed by atoms with Crippen molar-refractivity contribution >= 4 is 25.2 Å². The monoisotopic (exact) mass is 307 g/mol. The lowest BCUT2D eigenvalue weighted by molar-refractivity contribution is -0.145. The van der Waals surface area contributed by atoms with Crippen LogP contribution < -0.4 is 15.5 Å². The first-order chi connectivity index (χ1) is 10.6. The Bertz CT molecular complexity index is 507. The Balaban J connectivity index is 2.58. The highest BCUT2D eigenvalue weighted by atomic mass is 16.6. The normalized spacial score (nSPS) is 10.1. The molecule has 7 heteroatoms. The van der Waals surface area contributed by atoms with E-state index in [9.17, 15) is 9.59 Å². The number of benzene rings is 1. The highest BCUT2D eigenvalue weighted by Crippen LogP contribution is 2.16. The summed E-state index contributed by atoms with van der Waals surface area (Å²) >= 11 is 0. The van der Waals surface area contributed by atoms with E-state index in [0.717, 1.165) is 11.0 Å². The van der Waals surface area contributed by atoms with Crippen molar-refractivity contribution in [1.82, 2.24) is 5.32 Å². The van der Waals surface area contributed by atoms with Gasteiger partial charge in [-0.25, -0.2) is 4.79 Å². The van der Waals surface area contributed by atoms with E-state index in [2.05, 4.69) is 5.32 Å². The van der Waals surface area contributed by atoms with Crippen LogP contribution in [-0.4, -0.2) is 46.2 Å². The first kappa shape index (κ1) is 18.0. The molecule has 0 unspecified atom stereocenters. The average Bonchev–Trinajstić information content (AvgIpc) is 2.47. The van der Waals surface area contributed by atoms with E-state index in [-0.39, 0.29) is 19.1 Å². The quantitative estimate of drug-likeness (QED) is 0.492. The van der Waals surface area contributed by atoms with Crippen molar-refractivity contribution in [2.75, 3.05) is 26.4 Å². The van der Waals surface area contributed by atoms with Gasteiger partial charge in [0.15, 0.2) is 6.61 Å². The molecule has 6 nitrogen and oxygen atoms in total. The Morgan fingerprint density at radius 3 is 2.50 bits per heavy atom. The number of carbonyl (C=O) groups is 2. The molecule has 0 heterocycles. The molecule has 22 heavy (non-hydrogen) atoms. The van der Waals surface area contributed by atoms with Gasteiger partial charge in [-0.3, -0.25) is 4.79 Å². The van der Waals surface area contributed by atoms with E-state index < -0.39 is 5.97 Å². The second kappa shape index (κ2) is 9.84. The minimum atomic E-state index is -0.409. The molecule has 0 atom stereocenters. The zero-order valence-corrected chi connectivity index (χ0v) is 13.3. The molecule has 1 N–H and O–H groups in total. The van der Waals surface area contributed by atoms with Crippen LogP contribution in [0.25, 0.3) is 0 Å². The summed E-state index contributed by atoms with van der Waals surface area (Å²) in [4.78, 5) is 22.6. The molecule has 0 radical (unpaired) electrons. The summed E-state index contributed by atoms with van der Waals surface area (Å²) in [5.74, 6) is -0.118. The molecule has 0 aliphatic rings. The van der Waals surface area contributed by atoms with Gasteiger partial charge in [-0.1, -0.05) is 17.6 Å². The van der Waals surface area contributed by atoms with Crippen LogP contribution in [0.4, 0.5) is 0 Å². The van der Waals surface area contributed by atoms with Crippen molar-refractivity contribution in [3.8, 4) is 5.75 Å². The molecule has 0 aromatic heterocycles. The molecule has 0 saturated carbocycles. The molecule has 0 amide bonds. The largest absolute Gasteiger partial charge is 0.482 e. The number of rotatable bonds is 9. The Kier molecular flexibility index (Phi) is 8.06. The first-order valence-corrected chi connectivity index (χ1v) is 7.31. The van der Waals surface area contributed by atoms with Gasteiger partial charge in [0.2, 0.25) is 0 Å². The third-order valence-electron chi connectivity index (χ3n) is 2.76. The SMILES string of the molecule is Bc1ccc(OCC(=O)OCC)c(CNCC(=O)OCC)c1. The van der Waals surface area contributed by atoms with Crippen LogP contribution in [0, 0.1) is 0 Å². The fraction of sp³-hybridized carbons (Fsp3) is 0.467. The number of hydrogen-bond acceptors (Lipinski definition) is 6. The van der Waals surface area contributed by atoms with Crippen molar-refractivity contribution < 1.29 is 23.8 Å². The standard InChI is InChI=1S/C15H22BNO5/c1-3-20-14(18)9-17-8-11-7-12(16)5-6-13(11)22-10-15(19)21-4-2/h5-7,17H,3-4,8-10,16H2,1-2H3. The Morgan fingerprint density at radius 1 is 1.14 bits per heavy atom. The molecule has 0 aliphatic heterocycles. The summed E-state index contributed by atoms with van der Waals surface area (Å²) in [6.45, 7) is 4.62. The summed E-state index contributed by atoms with van der Waals surface area (Å²) in [6.07, 6.45) is 0. The van der Waals surface area contributed by atoms with Gasteiger partial charge in [-0.15, -0.1) is 0 Å². The second-order valence-corrected chi connectivity index (χ2v) is 4.61. The predicted octanol–water partition coefficient (Wildman–Crippen LogP) is -0.460. The molecule has 0 saturated heterocycles. The lowest BCUT2D eigenvalue weighted by atomic mass is 9.94.